The summed E-state index contributed by atoms with van der Waals surface area (Å²) in [4.78, 5) is 30.4. The zero-order chi connectivity index (χ0) is 22.3. The molecule has 2 aromatic heterocycles. The van der Waals surface area contributed by atoms with Crippen LogP contribution in [-0.2, 0) is 37.1 Å². The molecule has 0 saturated carbocycles. The summed E-state index contributed by atoms with van der Waals surface area (Å²) in [5, 5.41) is 6.49. The van der Waals surface area contributed by atoms with Crippen LogP contribution in [0.3, 0.4) is 0 Å². The van der Waals surface area contributed by atoms with Gasteiger partial charge in [0.25, 0.3) is 0 Å². The molecule has 2 N–H and O–H groups in total. The summed E-state index contributed by atoms with van der Waals surface area (Å²) in [6, 6.07) is -0.301. The molecule has 2 amide bonds. The number of esters is 1. The quantitative estimate of drug-likeness (QED) is 0.529. The molecule has 6 nitrogen and oxygen atoms in total. The third-order valence-corrected chi connectivity index (χ3v) is 8.70. The van der Waals surface area contributed by atoms with Gasteiger partial charge in [-0.3, -0.25) is 5.32 Å². The zero-order valence-corrected chi connectivity index (χ0v) is 21.5. The van der Waals surface area contributed by atoms with Gasteiger partial charge in [0, 0.05) is 29.4 Å². The minimum absolute atomic E-state index is 0.301. The van der Waals surface area contributed by atoms with E-state index in [0.717, 1.165) is 53.7 Å². The van der Waals surface area contributed by atoms with E-state index in [2.05, 4.69) is 38.5 Å². The fraction of sp³-hybridized carbons (Fsp3) is 0.545. The van der Waals surface area contributed by atoms with Crippen molar-refractivity contribution in [1.29, 1.82) is 0 Å². The number of anilines is 1. The minimum Gasteiger partial charge on any atom is -0.456 e. The number of carbonyl (C=O) groups excluding carboxylic acids is 2. The van der Waals surface area contributed by atoms with Gasteiger partial charge >= 0.3 is 12.0 Å². The Bertz CT molecular complexity index is 1020. The molecule has 0 radical (unpaired) electrons. The Balaban J connectivity index is 1.47. The van der Waals surface area contributed by atoms with Crippen LogP contribution in [0.5, 0.6) is 0 Å². The van der Waals surface area contributed by atoms with Crippen LogP contribution in [0.4, 0.5) is 9.80 Å². The molecule has 2 aliphatic rings. The molecule has 0 aromatic carbocycles. The van der Waals surface area contributed by atoms with Gasteiger partial charge in [0.05, 0.1) is 9.35 Å². The number of ether oxygens (including phenoxy) is 1. The monoisotopic (exact) mass is 525 g/mol. The van der Waals surface area contributed by atoms with Crippen LogP contribution >= 0.6 is 38.6 Å². The smallest absolute Gasteiger partial charge is 0.341 e. The maximum absolute atomic E-state index is 12.9. The average molecular weight is 527 g/mol. The van der Waals surface area contributed by atoms with Crippen LogP contribution in [0.2, 0.25) is 0 Å². The highest BCUT2D eigenvalue weighted by atomic mass is 79.9. The van der Waals surface area contributed by atoms with E-state index in [0.29, 0.717) is 17.1 Å². The number of urea groups is 1. The first-order chi connectivity index (χ1) is 14.6. The molecule has 2 aromatic rings. The molecular formula is C22H28BrN3O3S2. The van der Waals surface area contributed by atoms with Gasteiger partial charge in [-0.25, -0.2) is 9.59 Å². The fourth-order valence-corrected chi connectivity index (χ4v) is 7.50. The third-order valence-electron chi connectivity index (χ3n) is 5.49. The lowest BCUT2D eigenvalue weighted by atomic mass is 10.0. The van der Waals surface area contributed by atoms with E-state index < -0.39 is 5.60 Å². The van der Waals surface area contributed by atoms with Crippen molar-refractivity contribution >= 4 is 55.6 Å². The molecule has 3 heterocycles. The number of halogens is 1. The lowest BCUT2D eigenvalue weighted by molar-refractivity contribution is 0.00702. The van der Waals surface area contributed by atoms with Crippen molar-refractivity contribution in [2.45, 2.75) is 65.1 Å². The second-order valence-corrected chi connectivity index (χ2v) is 12.6. The molecule has 0 saturated heterocycles. The van der Waals surface area contributed by atoms with Gasteiger partial charge in [-0.15, -0.1) is 22.7 Å². The molecule has 31 heavy (non-hydrogen) atoms. The largest absolute Gasteiger partial charge is 0.456 e. The number of carbonyl (C=O) groups is 2. The lowest BCUT2D eigenvalue weighted by Crippen LogP contribution is -2.30. The van der Waals surface area contributed by atoms with Gasteiger partial charge in [-0.2, -0.15) is 0 Å². The SMILES string of the molecule is CN1CCc2c(sc(Br)c2CNC(=O)Nc2sc3c(c2C(=O)OC(C)(C)C)CCC3)C1. The van der Waals surface area contributed by atoms with E-state index in [1.807, 2.05) is 20.8 Å². The topological polar surface area (TPSA) is 70.7 Å². The Hall–Kier alpha value is -1.42. The Kier molecular flexibility index (Phi) is 6.49. The van der Waals surface area contributed by atoms with E-state index in [1.165, 1.54) is 26.7 Å². The van der Waals surface area contributed by atoms with E-state index in [1.54, 1.807) is 11.3 Å². The highest BCUT2D eigenvalue weighted by Crippen LogP contribution is 2.40. The number of amides is 2. The number of thiophene rings is 2. The van der Waals surface area contributed by atoms with E-state index in [9.17, 15) is 9.59 Å². The summed E-state index contributed by atoms with van der Waals surface area (Å²) < 4.78 is 6.70. The first kappa shape index (κ1) is 22.8. The minimum atomic E-state index is -0.581. The highest BCUT2D eigenvalue weighted by molar-refractivity contribution is 9.11. The van der Waals surface area contributed by atoms with Crippen LogP contribution in [0.1, 0.15) is 64.0 Å². The number of likely N-dealkylation sites (N-methyl/N-ethyl adjacent to an activating group) is 1. The fourth-order valence-electron chi connectivity index (χ4n) is 4.09. The standard InChI is InChI=1S/C22H28BrN3O3S2/c1-22(2,3)29-20(27)17-13-6-5-7-15(13)31-19(17)25-21(28)24-10-14-12-8-9-26(4)11-16(12)30-18(14)23/h5-11H2,1-4H3,(H2,24,25,28). The summed E-state index contributed by atoms with van der Waals surface area (Å²) in [5.41, 5.74) is 3.49. The number of nitrogens with one attached hydrogen (secondary N) is 2. The molecule has 1 aliphatic heterocycles. The summed E-state index contributed by atoms with van der Waals surface area (Å²) in [7, 11) is 2.13. The maximum atomic E-state index is 12.9. The van der Waals surface area contributed by atoms with Crippen LogP contribution in [0, 0.1) is 0 Å². The van der Waals surface area contributed by atoms with E-state index >= 15 is 0 Å². The van der Waals surface area contributed by atoms with Gasteiger partial charge < -0.3 is 15.0 Å². The summed E-state index contributed by atoms with van der Waals surface area (Å²) in [5.74, 6) is -0.360. The van der Waals surface area contributed by atoms with Crippen molar-refractivity contribution in [2.75, 3.05) is 18.9 Å². The number of fused-ring (bicyclic) bond motifs is 2. The average Bonchev–Trinajstić information content (AvgIpc) is 3.30. The van der Waals surface area contributed by atoms with Crippen molar-refractivity contribution in [1.82, 2.24) is 10.2 Å². The number of rotatable bonds is 4. The Morgan fingerprint density at radius 2 is 1.90 bits per heavy atom. The molecule has 9 heteroatoms. The number of nitrogens with zero attached hydrogens (tertiary/aromatic N) is 1. The third kappa shape index (κ3) is 4.99. The molecule has 0 fully saturated rings. The molecular weight excluding hydrogens is 498 g/mol. The lowest BCUT2D eigenvalue weighted by Gasteiger charge is -2.23. The highest BCUT2D eigenvalue weighted by Gasteiger charge is 2.30. The molecule has 168 valence electrons. The van der Waals surface area contributed by atoms with Crippen molar-refractivity contribution in [3.63, 3.8) is 0 Å². The Morgan fingerprint density at radius 3 is 2.65 bits per heavy atom. The van der Waals surface area contributed by atoms with Crippen LogP contribution in [0.15, 0.2) is 3.79 Å². The maximum Gasteiger partial charge on any atom is 0.341 e. The van der Waals surface area contributed by atoms with Crippen molar-refractivity contribution in [3.05, 3.63) is 35.8 Å². The Labute approximate surface area is 199 Å². The first-order valence-corrected chi connectivity index (χ1v) is 12.9. The van der Waals surface area contributed by atoms with Gasteiger partial charge in [-0.1, -0.05) is 0 Å². The summed E-state index contributed by atoms with van der Waals surface area (Å²) in [6.45, 7) is 7.99. The molecule has 0 spiro atoms. The van der Waals surface area contributed by atoms with Gasteiger partial charge in [0.1, 0.15) is 10.6 Å². The number of hydrogen-bond donors (Lipinski definition) is 2. The second-order valence-electron chi connectivity index (χ2n) is 9.11. The van der Waals surface area contributed by atoms with E-state index in [-0.39, 0.29) is 12.0 Å². The molecule has 1 aliphatic carbocycles. The van der Waals surface area contributed by atoms with E-state index in [4.69, 9.17) is 4.74 Å². The van der Waals surface area contributed by atoms with Crippen LogP contribution < -0.4 is 10.6 Å². The first-order valence-electron chi connectivity index (χ1n) is 10.5. The van der Waals surface area contributed by atoms with Crippen LogP contribution in [0.25, 0.3) is 0 Å². The van der Waals surface area contributed by atoms with Crippen molar-refractivity contribution in [2.24, 2.45) is 0 Å². The van der Waals surface area contributed by atoms with Crippen molar-refractivity contribution in [3.8, 4) is 0 Å². The number of aryl methyl sites for hydroxylation is 1. The zero-order valence-electron chi connectivity index (χ0n) is 18.3. The van der Waals surface area contributed by atoms with Gasteiger partial charge in [-0.05, 0) is 86.1 Å². The molecule has 0 unspecified atom stereocenters. The van der Waals surface area contributed by atoms with Gasteiger partial charge in [0.15, 0.2) is 0 Å². The van der Waals surface area contributed by atoms with Gasteiger partial charge in [0.2, 0.25) is 0 Å². The van der Waals surface area contributed by atoms with Crippen LogP contribution in [-0.4, -0.2) is 36.1 Å². The Morgan fingerprint density at radius 1 is 1.13 bits per heavy atom. The normalized spacial score (nSPS) is 16.0. The second kappa shape index (κ2) is 8.84. The molecule has 0 atom stereocenters. The predicted octanol–water partition coefficient (Wildman–Crippen LogP) is 5.33. The molecule has 0 bridgehead atoms. The predicted molar refractivity (Wildman–Crippen MR) is 129 cm³/mol. The summed E-state index contributed by atoms with van der Waals surface area (Å²) in [6.07, 6.45) is 3.83. The van der Waals surface area contributed by atoms with Crippen molar-refractivity contribution < 1.29 is 14.3 Å². The molecule has 4 rings (SSSR count). The number of hydrogen-bond acceptors (Lipinski definition) is 6. The summed E-state index contributed by atoms with van der Waals surface area (Å²) >= 11 is 6.91.